The predicted octanol–water partition coefficient (Wildman–Crippen LogP) is 2.93. The van der Waals surface area contributed by atoms with Gasteiger partial charge in [0.2, 0.25) is 0 Å². The smallest absolute Gasteiger partial charge is 0.319 e. The van der Waals surface area contributed by atoms with E-state index in [0.29, 0.717) is 23.8 Å². The van der Waals surface area contributed by atoms with Crippen molar-refractivity contribution >= 4 is 11.9 Å². The predicted molar refractivity (Wildman–Crippen MR) is 95.7 cm³/mol. The highest BCUT2D eigenvalue weighted by Gasteiger charge is 2.39. The molecule has 138 valence electrons. The first kappa shape index (κ1) is 17.8. The first-order chi connectivity index (χ1) is 11.8. The molecule has 6 nitrogen and oxygen atoms in total. The summed E-state index contributed by atoms with van der Waals surface area (Å²) < 4.78 is 5.77. The van der Waals surface area contributed by atoms with Crippen molar-refractivity contribution in [3.05, 3.63) is 23.2 Å². The summed E-state index contributed by atoms with van der Waals surface area (Å²) in [6.07, 6.45) is 2.04. The van der Waals surface area contributed by atoms with E-state index < -0.39 is 0 Å². The van der Waals surface area contributed by atoms with Crippen molar-refractivity contribution in [2.24, 2.45) is 5.92 Å². The minimum atomic E-state index is 0.0350. The summed E-state index contributed by atoms with van der Waals surface area (Å²) in [5.74, 6) is 2.19. The van der Waals surface area contributed by atoms with Crippen LogP contribution < -0.4 is 0 Å². The molecule has 0 N–H and O–H groups in total. The lowest BCUT2D eigenvalue weighted by Crippen LogP contribution is -2.48. The van der Waals surface area contributed by atoms with E-state index in [1.807, 2.05) is 22.8 Å². The lowest BCUT2D eigenvalue weighted by molar-refractivity contribution is 0.0584. The van der Waals surface area contributed by atoms with Gasteiger partial charge in [-0.05, 0) is 31.7 Å². The zero-order chi connectivity index (χ0) is 18.3. The van der Waals surface area contributed by atoms with Gasteiger partial charge in [0.15, 0.2) is 0 Å². The highest BCUT2D eigenvalue weighted by molar-refractivity contribution is 5.95. The molecule has 1 aromatic heterocycles. The fraction of sp³-hybridized carbons (Fsp3) is 0.684. The molecule has 0 saturated carbocycles. The van der Waals surface area contributed by atoms with Crippen molar-refractivity contribution in [2.45, 2.75) is 45.6 Å². The van der Waals surface area contributed by atoms with Crippen LogP contribution in [0.25, 0.3) is 0 Å². The average Bonchev–Trinajstić information content (AvgIpc) is 2.75. The van der Waals surface area contributed by atoms with Crippen LogP contribution in [-0.2, 0) is 0 Å². The van der Waals surface area contributed by atoms with E-state index in [2.05, 4.69) is 13.8 Å². The van der Waals surface area contributed by atoms with E-state index in [-0.39, 0.29) is 23.9 Å². The Hall–Kier alpha value is -1.98. The Bertz CT molecular complexity index is 665. The van der Waals surface area contributed by atoms with Crippen LogP contribution in [0.1, 0.15) is 54.5 Å². The second kappa shape index (κ2) is 6.73. The Kier molecular flexibility index (Phi) is 4.80. The Morgan fingerprint density at radius 1 is 1.20 bits per heavy atom. The number of piperidine rings is 1. The van der Waals surface area contributed by atoms with Crippen LogP contribution >= 0.6 is 0 Å². The van der Waals surface area contributed by atoms with Gasteiger partial charge in [0, 0.05) is 45.7 Å². The SMILES string of the molecule is Cc1oc(C(C)C)cc1C(=O)N1C[C@@H]2CC[C@H]1CN(C(=O)N(C)C)C2. The van der Waals surface area contributed by atoms with Crippen LogP contribution in [0.2, 0.25) is 0 Å². The highest BCUT2D eigenvalue weighted by atomic mass is 16.3. The zero-order valence-corrected chi connectivity index (χ0v) is 15.9. The van der Waals surface area contributed by atoms with Gasteiger partial charge in [-0.15, -0.1) is 0 Å². The third kappa shape index (κ3) is 3.39. The summed E-state index contributed by atoms with van der Waals surface area (Å²) >= 11 is 0. The summed E-state index contributed by atoms with van der Waals surface area (Å²) in [4.78, 5) is 31.0. The maximum Gasteiger partial charge on any atom is 0.319 e. The molecular weight excluding hydrogens is 318 g/mol. The third-order valence-electron chi connectivity index (χ3n) is 5.36. The number of carbonyl (C=O) groups excluding carboxylic acids is 2. The number of amides is 3. The maximum atomic E-state index is 13.2. The molecule has 4 heterocycles. The molecule has 3 aliphatic heterocycles. The number of hydrogen-bond donors (Lipinski definition) is 0. The Balaban J connectivity index is 1.82. The normalized spacial score (nSPS) is 23.1. The van der Waals surface area contributed by atoms with Gasteiger partial charge in [-0.3, -0.25) is 4.79 Å². The Morgan fingerprint density at radius 2 is 1.92 bits per heavy atom. The van der Waals surface area contributed by atoms with Crippen LogP contribution in [0.15, 0.2) is 10.5 Å². The van der Waals surface area contributed by atoms with Crippen LogP contribution in [0.4, 0.5) is 4.79 Å². The van der Waals surface area contributed by atoms with E-state index in [1.54, 1.807) is 19.0 Å². The van der Waals surface area contributed by atoms with E-state index >= 15 is 0 Å². The number of rotatable bonds is 2. The third-order valence-corrected chi connectivity index (χ3v) is 5.36. The van der Waals surface area contributed by atoms with Crippen molar-refractivity contribution in [3.8, 4) is 0 Å². The van der Waals surface area contributed by atoms with E-state index in [9.17, 15) is 9.59 Å². The lowest BCUT2D eigenvalue weighted by atomic mass is 9.94. The van der Waals surface area contributed by atoms with Gasteiger partial charge in [0.25, 0.3) is 5.91 Å². The zero-order valence-electron chi connectivity index (χ0n) is 15.9. The van der Waals surface area contributed by atoms with Crippen LogP contribution in [0.3, 0.4) is 0 Å². The summed E-state index contributed by atoms with van der Waals surface area (Å²) in [6, 6.07) is 2.02. The number of urea groups is 1. The fourth-order valence-corrected chi connectivity index (χ4v) is 3.93. The number of nitrogens with zero attached hydrogens (tertiary/aromatic N) is 3. The molecule has 0 radical (unpaired) electrons. The van der Waals surface area contributed by atoms with Gasteiger partial charge >= 0.3 is 6.03 Å². The van der Waals surface area contributed by atoms with Gasteiger partial charge in [0.1, 0.15) is 11.5 Å². The van der Waals surface area contributed by atoms with E-state index in [0.717, 1.165) is 31.7 Å². The average molecular weight is 347 g/mol. The fourth-order valence-electron chi connectivity index (χ4n) is 3.93. The molecule has 0 aliphatic carbocycles. The first-order valence-electron chi connectivity index (χ1n) is 9.15. The molecule has 0 aromatic carbocycles. The lowest BCUT2D eigenvalue weighted by Gasteiger charge is -2.36. The van der Waals surface area contributed by atoms with Gasteiger partial charge in [-0.1, -0.05) is 13.8 Å². The van der Waals surface area contributed by atoms with Crippen molar-refractivity contribution in [1.29, 1.82) is 0 Å². The van der Waals surface area contributed by atoms with Crippen molar-refractivity contribution in [3.63, 3.8) is 0 Å². The first-order valence-corrected chi connectivity index (χ1v) is 9.15. The van der Waals surface area contributed by atoms with E-state index in [1.165, 1.54) is 0 Å². The topological polar surface area (TPSA) is 57.0 Å². The van der Waals surface area contributed by atoms with Crippen molar-refractivity contribution < 1.29 is 14.0 Å². The summed E-state index contributed by atoms with van der Waals surface area (Å²) in [5, 5.41) is 0. The van der Waals surface area contributed by atoms with Crippen molar-refractivity contribution in [1.82, 2.24) is 14.7 Å². The second-order valence-corrected chi connectivity index (χ2v) is 7.91. The molecule has 2 atom stereocenters. The minimum absolute atomic E-state index is 0.0350. The molecule has 3 saturated heterocycles. The number of fused-ring (bicyclic) bond motifs is 4. The molecule has 2 bridgehead atoms. The molecule has 0 spiro atoms. The Morgan fingerprint density at radius 3 is 2.52 bits per heavy atom. The summed E-state index contributed by atoms with van der Waals surface area (Å²) in [7, 11) is 3.56. The monoisotopic (exact) mass is 347 g/mol. The summed E-state index contributed by atoms with van der Waals surface area (Å²) in [5.41, 5.74) is 0.668. The largest absolute Gasteiger partial charge is 0.465 e. The van der Waals surface area contributed by atoms with Gasteiger partial charge < -0.3 is 19.1 Å². The molecule has 0 unspecified atom stereocenters. The Labute approximate surface area is 149 Å². The molecule has 3 fully saturated rings. The highest BCUT2D eigenvalue weighted by Crippen LogP contribution is 2.31. The van der Waals surface area contributed by atoms with Gasteiger partial charge in [-0.2, -0.15) is 0 Å². The van der Waals surface area contributed by atoms with Crippen LogP contribution in [0.5, 0.6) is 0 Å². The molecule has 6 heteroatoms. The van der Waals surface area contributed by atoms with E-state index in [4.69, 9.17) is 4.42 Å². The molecule has 3 amide bonds. The quantitative estimate of drug-likeness (QED) is 0.826. The number of hydrogen-bond acceptors (Lipinski definition) is 3. The van der Waals surface area contributed by atoms with Crippen LogP contribution in [0, 0.1) is 12.8 Å². The second-order valence-electron chi connectivity index (χ2n) is 7.91. The minimum Gasteiger partial charge on any atom is -0.465 e. The van der Waals surface area contributed by atoms with Gasteiger partial charge in [-0.25, -0.2) is 4.79 Å². The van der Waals surface area contributed by atoms with Gasteiger partial charge in [0.05, 0.1) is 5.56 Å². The molecular formula is C19H29N3O3. The molecule has 3 aliphatic rings. The summed E-state index contributed by atoms with van der Waals surface area (Å²) in [6.45, 7) is 8.06. The number of carbonyl (C=O) groups is 2. The molecule has 1 aromatic rings. The maximum absolute atomic E-state index is 13.2. The van der Waals surface area contributed by atoms with Crippen LogP contribution in [-0.4, -0.2) is 66.4 Å². The number of furan rings is 1. The molecule has 25 heavy (non-hydrogen) atoms. The standard InChI is InChI=1S/C19H29N3O3/c1-12(2)17-8-16(13(3)25-17)18(23)22-10-14-6-7-15(22)11-21(9-14)19(24)20(4)5/h8,12,14-15H,6-7,9-11H2,1-5H3/t14-,15+/m1/s1. The molecule has 4 rings (SSSR count). The number of aryl methyl sites for hydroxylation is 1. The van der Waals surface area contributed by atoms with Crippen molar-refractivity contribution in [2.75, 3.05) is 33.7 Å².